The Morgan fingerprint density at radius 3 is 2.30 bits per heavy atom. The van der Waals surface area contributed by atoms with Gasteiger partial charge in [0.15, 0.2) is 11.5 Å². The molecule has 1 aromatic heterocycles. The fraction of sp³-hybridized carbons (Fsp3) is 0.459. The zero-order chi connectivity index (χ0) is 34.4. The average Bonchev–Trinajstić information content (AvgIpc) is 3.05. The number of amides is 1. The second-order valence-corrected chi connectivity index (χ2v) is 11.6. The number of hydrogen-bond acceptors (Lipinski definition) is 6. The van der Waals surface area contributed by atoms with E-state index in [1.807, 2.05) is 64.3 Å². The molecule has 252 valence electrons. The third kappa shape index (κ3) is 9.77. The van der Waals surface area contributed by atoms with Crippen molar-refractivity contribution in [2.45, 2.75) is 86.1 Å². The molecule has 2 aromatic carbocycles. The zero-order valence-electron chi connectivity index (χ0n) is 29.0. The first-order valence-corrected chi connectivity index (χ1v) is 16.5. The number of pyridine rings is 1. The Hall–Kier alpha value is -3.95. The number of nitrogens with zero attached hydrogens (tertiary/aromatic N) is 2. The third-order valence-corrected chi connectivity index (χ3v) is 7.65. The number of ether oxygens (including phenoxy) is 1. The maximum absolute atomic E-state index is 13.7. The lowest BCUT2D eigenvalue weighted by atomic mass is 10.1. The molecule has 0 spiro atoms. The van der Waals surface area contributed by atoms with Gasteiger partial charge in [0.2, 0.25) is 5.43 Å². The van der Waals surface area contributed by atoms with Crippen molar-refractivity contribution in [1.29, 1.82) is 0 Å². The van der Waals surface area contributed by atoms with Gasteiger partial charge in [0.1, 0.15) is 10.9 Å². The van der Waals surface area contributed by atoms with Crippen LogP contribution in [0.5, 0.6) is 5.75 Å². The number of unbranched alkanes of at least 4 members (excludes halogenated alkanes) is 2. The Kier molecular flexibility index (Phi) is 15.7. The molecule has 9 heteroatoms. The molecule has 4 rings (SSSR count). The summed E-state index contributed by atoms with van der Waals surface area (Å²) < 4.78 is 21.6. The van der Waals surface area contributed by atoms with Crippen molar-refractivity contribution in [3.8, 4) is 11.4 Å². The largest absolute Gasteiger partial charge is 0.453 e. The van der Waals surface area contributed by atoms with Crippen LogP contribution in [0, 0.1) is 0 Å². The van der Waals surface area contributed by atoms with Gasteiger partial charge < -0.3 is 31.0 Å². The smallest absolute Gasteiger partial charge is 0.256 e. The van der Waals surface area contributed by atoms with Crippen LogP contribution in [0.4, 0.5) is 4.39 Å². The molecule has 0 saturated heterocycles. The summed E-state index contributed by atoms with van der Waals surface area (Å²) in [6.45, 7) is 12.8. The predicted octanol–water partition coefficient (Wildman–Crippen LogP) is 5.46. The molecular weight excluding hydrogens is 581 g/mol. The molecule has 8 nitrogen and oxygen atoms in total. The van der Waals surface area contributed by atoms with Gasteiger partial charge >= 0.3 is 0 Å². The van der Waals surface area contributed by atoms with Crippen molar-refractivity contribution in [2.75, 3.05) is 27.2 Å². The molecule has 5 N–H and O–H groups in total. The van der Waals surface area contributed by atoms with E-state index in [0.29, 0.717) is 35.7 Å². The molecule has 0 aliphatic carbocycles. The summed E-state index contributed by atoms with van der Waals surface area (Å²) in [5.41, 5.74) is 12.3. The van der Waals surface area contributed by atoms with E-state index in [0.717, 1.165) is 36.6 Å². The molecule has 1 amide bonds. The first-order chi connectivity index (χ1) is 22.0. The highest BCUT2D eigenvalue weighted by atomic mass is 19.1. The maximum atomic E-state index is 13.7. The van der Waals surface area contributed by atoms with Gasteiger partial charge in [-0.15, -0.1) is 0 Å². The van der Waals surface area contributed by atoms with Crippen molar-refractivity contribution < 1.29 is 13.9 Å². The van der Waals surface area contributed by atoms with Crippen LogP contribution in [-0.2, 0) is 0 Å². The van der Waals surface area contributed by atoms with E-state index < -0.39 is 11.3 Å². The van der Waals surface area contributed by atoms with Crippen LogP contribution in [0.2, 0.25) is 0 Å². The summed E-state index contributed by atoms with van der Waals surface area (Å²) in [5.74, 6) is 0.181. The standard InChI is InChI=1S/C28H31FN4O3.C7H17N.C2H6/c1-17(15-29)27-25-24(18(2)30)26(34)21(28(35)31-11-7-8-12-32(3)4)16-33(25)22-13-19-9-5-6-10-20(19)14-23(22)36-27;1-3-5-6-7(8)4-2;1-2/h5-6,9-10,13-16H,7-8,11-12,30H2,1-4H3,(H,31,35);7H,3-6,8H2,1-2H3;1-2H3/b17-15+,24-18-;;. The lowest BCUT2D eigenvalue weighted by Gasteiger charge is -2.24. The number of fused-ring (bicyclic) bond motifs is 4. The molecule has 1 atom stereocenters. The topological polar surface area (TPSA) is 116 Å². The van der Waals surface area contributed by atoms with Crippen molar-refractivity contribution in [3.05, 3.63) is 80.9 Å². The van der Waals surface area contributed by atoms with Gasteiger partial charge in [0, 0.05) is 30.1 Å². The zero-order valence-corrected chi connectivity index (χ0v) is 29.0. The molecule has 1 aliphatic rings. The van der Waals surface area contributed by atoms with Gasteiger partial charge in [-0.05, 0) is 83.1 Å². The lowest BCUT2D eigenvalue weighted by molar-refractivity contribution is 0.0951. The number of halogens is 1. The number of benzene rings is 2. The lowest BCUT2D eigenvalue weighted by Crippen LogP contribution is -2.53. The van der Waals surface area contributed by atoms with Gasteiger partial charge in [-0.3, -0.25) is 9.59 Å². The number of hydrogen-bond donors (Lipinski definition) is 3. The number of nitrogens with two attached hydrogens (primary N) is 2. The van der Waals surface area contributed by atoms with Gasteiger partial charge in [0.05, 0.1) is 17.2 Å². The Morgan fingerprint density at radius 2 is 1.74 bits per heavy atom. The highest BCUT2D eigenvalue weighted by molar-refractivity contribution is 5.94. The van der Waals surface area contributed by atoms with E-state index in [4.69, 9.17) is 16.2 Å². The van der Waals surface area contributed by atoms with E-state index in [1.54, 1.807) is 18.4 Å². The van der Waals surface area contributed by atoms with Gasteiger partial charge in [-0.25, -0.2) is 4.39 Å². The van der Waals surface area contributed by atoms with Crippen LogP contribution >= 0.6 is 0 Å². The second kappa shape index (κ2) is 18.9. The summed E-state index contributed by atoms with van der Waals surface area (Å²) in [4.78, 5) is 28.7. The molecule has 3 aromatic rings. The Bertz CT molecular complexity index is 1670. The Morgan fingerprint density at radius 1 is 1.09 bits per heavy atom. The minimum Gasteiger partial charge on any atom is -0.453 e. The minimum absolute atomic E-state index is 0.0339. The van der Waals surface area contributed by atoms with Crippen LogP contribution in [0.1, 0.15) is 90.4 Å². The van der Waals surface area contributed by atoms with Crippen LogP contribution in [0.15, 0.2) is 59.3 Å². The fourth-order valence-corrected chi connectivity index (χ4v) is 5.03. The Labute approximate surface area is 273 Å². The summed E-state index contributed by atoms with van der Waals surface area (Å²) in [5, 5.41) is 5.18. The second-order valence-electron chi connectivity index (χ2n) is 11.6. The van der Waals surface area contributed by atoms with Crippen molar-refractivity contribution in [2.24, 2.45) is 11.5 Å². The van der Waals surface area contributed by atoms with Gasteiger partial charge in [-0.1, -0.05) is 64.8 Å². The van der Waals surface area contributed by atoms with Crippen LogP contribution in [0.25, 0.3) is 27.9 Å². The normalized spacial score (nSPS) is 13.4. The molecule has 1 unspecified atom stereocenters. The molecule has 46 heavy (non-hydrogen) atoms. The van der Waals surface area contributed by atoms with Crippen LogP contribution in [-0.4, -0.2) is 48.6 Å². The van der Waals surface area contributed by atoms with E-state index in [-0.39, 0.29) is 27.8 Å². The third-order valence-electron chi connectivity index (χ3n) is 7.65. The molecule has 0 radical (unpaired) electrons. The molecular formula is C37H54FN5O3. The number of rotatable bonds is 11. The highest BCUT2D eigenvalue weighted by Crippen LogP contribution is 2.33. The van der Waals surface area contributed by atoms with E-state index >= 15 is 0 Å². The SMILES string of the molecule is C/C(N)=c1/c(=O)c(C(=O)NCCCCN(C)C)cn2/c1=C(\C(C)=C\F)Oc1cc3ccccc3cc1-2.CC.CCCCC(N)CC. The molecule has 0 bridgehead atoms. The summed E-state index contributed by atoms with van der Waals surface area (Å²) in [7, 11) is 3.99. The number of aromatic nitrogens is 1. The quantitative estimate of drug-likeness (QED) is 0.241. The number of nitrogens with one attached hydrogen (secondary N) is 1. The first kappa shape index (κ1) is 38.2. The monoisotopic (exact) mass is 635 g/mol. The predicted molar refractivity (Wildman–Crippen MR) is 190 cm³/mol. The van der Waals surface area contributed by atoms with Crippen molar-refractivity contribution >= 4 is 28.1 Å². The van der Waals surface area contributed by atoms with E-state index in [2.05, 4.69) is 24.1 Å². The molecule has 2 heterocycles. The first-order valence-electron chi connectivity index (χ1n) is 16.5. The number of carbonyl (C=O) groups excluding carboxylic acids is 1. The molecule has 0 saturated carbocycles. The molecule has 1 aliphatic heterocycles. The van der Waals surface area contributed by atoms with Crippen molar-refractivity contribution in [1.82, 2.24) is 14.8 Å². The fourth-order valence-electron chi connectivity index (χ4n) is 5.03. The van der Waals surface area contributed by atoms with E-state index in [9.17, 15) is 14.0 Å². The average molecular weight is 636 g/mol. The minimum atomic E-state index is -0.524. The van der Waals surface area contributed by atoms with Crippen LogP contribution < -0.4 is 37.5 Å². The number of carbonyl (C=O) groups is 1. The summed E-state index contributed by atoms with van der Waals surface area (Å²) >= 11 is 0. The van der Waals surface area contributed by atoms with Crippen molar-refractivity contribution in [3.63, 3.8) is 0 Å². The maximum Gasteiger partial charge on any atom is 0.256 e. The van der Waals surface area contributed by atoms with Gasteiger partial charge in [0.25, 0.3) is 5.91 Å². The van der Waals surface area contributed by atoms with Gasteiger partial charge in [-0.2, -0.15) is 0 Å². The van der Waals surface area contributed by atoms with Crippen LogP contribution in [0.3, 0.4) is 0 Å². The van der Waals surface area contributed by atoms with E-state index in [1.165, 1.54) is 25.5 Å². The summed E-state index contributed by atoms with van der Waals surface area (Å²) in [6.07, 6.45) is 8.52. The summed E-state index contributed by atoms with van der Waals surface area (Å²) in [6, 6.07) is 12.0. The highest BCUT2D eigenvalue weighted by Gasteiger charge is 2.25. The molecule has 0 fully saturated rings. The Balaban J connectivity index is 0.000000643.